The Kier molecular flexibility index (Phi) is 4.03. The van der Waals surface area contributed by atoms with Gasteiger partial charge in [0.15, 0.2) is 5.11 Å². The molecule has 0 atom stereocenters. The first kappa shape index (κ1) is 12.3. The number of aromatic nitrogens is 2. The molecule has 2 aromatic rings. The molecule has 0 saturated carbocycles. The molecule has 0 aromatic carbocycles. The van der Waals surface area contributed by atoms with Crippen LogP contribution in [0.3, 0.4) is 0 Å². The van der Waals surface area contributed by atoms with E-state index < -0.39 is 0 Å². The van der Waals surface area contributed by atoms with Gasteiger partial charge in [-0.1, -0.05) is 6.08 Å². The van der Waals surface area contributed by atoms with E-state index in [1.54, 1.807) is 18.5 Å². The maximum absolute atomic E-state index is 5.01. The number of hydrogen-bond acceptors (Lipinski definition) is 3. The molecular formula is C12H13N5S. The topological polar surface area (TPSA) is 65.1 Å². The summed E-state index contributed by atoms with van der Waals surface area (Å²) in [5.41, 5.74) is 4.52. The normalized spacial score (nSPS) is 10.7. The number of aromatic amines is 1. The second kappa shape index (κ2) is 5.92. The molecule has 0 aliphatic heterocycles. The molecule has 0 aliphatic rings. The van der Waals surface area contributed by atoms with Crippen molar-refractivity contribution < 1.29 is 0 Å². The third-order valence-corrected chi connectivity index (χ3v) is 2.50. The molecule has 5 nitrogen and oxygen atoms in total. The van der Waals surface area contributed by atoms with Crippen molar-refractivity contribution in [3.8, 4) is 0 Å². The summed E-state index contributed by atoms with van der Waals surface area (Å²) in [4.78, 5) is 7.27. The Morgan fingerprint density at radius 2 is 2.50 bits per heavy atom. The molecule has 2 rings (SSSR count). The van der Waals surface area contributed by atoms with Crippen molar-refractivity contribution in [2.45, 2.75) is 0 Å². The quantitative estimate of drug-likeness (QED) is 0.337. The Hall–Kier alpha value is -2.21. The van der Waals surface area contributed by atoms with Crippen LogP contribution in [0.5, 0.6) is 0 Å². The van der Waals surface area contributed by atoms with Crippen LogP contribution in [0.15, 0.2) is 42.3 Å². The summed E-state index contributed by atoms with van der Waals surface area (Å²) < 4.78 is 0. The summed E-state index contributed by atoms with van der Waals surface area (Å²) in [5, 5.41) is 8.46. The van der Waals surface area contributed by atoms with Gasteiger partial charge in [-0.25, -0.2) is 4.98 Å². The molecule has 3 N–H and O–H groups in total. The summed E-state index contributed by atoms with van der Waals surface area (Å²) in [6, 6.07) is 3.87. The van der Waals surface area contributed by atoms with E-state index in [2.05, 4.69) is 32.4 Å². The fourth-order valence-corrected chi connectivity index (χ4v) is 1.58. The Morgan fingerprint density at radius 1 is 1.61 bits per heavy atom. The Morgan fingerprint density at radius 3 is 3.33 bits per heavy atom. The zero-order valence-electron chi connectivity index (χ0n) is 9.68. The summed E-state index contributed by atoms with van der Waals surface area (Å²) in [5.74, 6) is 0. The van der Waals surface area contributed by atoms with Gasteiger partial charge in [-0.2, -0.15) is 5.10 Å². The lowest BCUT2D eigenvalue weighted by Crippen LogP contribution is -2.31. The Labute approximate surface area is 110 Å². The number of hydrogen-bond donors (Lipinski definition) is 3. The van der Waals surface area contributed by atoms with E-state index in [-0.39, 0.29) is 0 Å². The molecule has 0 fully saturated rings. The zero-order chi connectivity index (χ0) is 12.8. The smallest absolute Gasteiger partial charge is 0.187 e. The van der Waals surface area contributed by atoms with Gasteiger partial charge in [-0.15, -0.1) is 6.58 Å². The predicted octanol–water partition coefficient (Wildman–Crippen LogP) is 1.55. The molecule has 6 heteroatoms. The van der Waals surface area contributed by atoms with Crippen molar-refractivity contribution in [1.82, 2.24) is 20.7 Å². The van der Waals surface area contributed by atoms with Gasteiger partial charge in [0, 0.05) is 29.9 Å². The van der Waals surface area contributed by atoms with Crippen molar-refractivity contribution in [3.63, 3.8) is 0 Å². The molecule has 0 spiro atoms. The molecule has 0 saturated heterocycles. The first-order chi connectivity index (χ1) is 8.81. The number of hydrazone groups is 1. The number of H-pyrrole nitrogens is 1. The van der Waals surface area contributed by atoms with E-state index in [1.807, 2.05) is 18.3 Å². The van der Waals surface area contributed by atoms with Crippen molar-refractivity contribution in [2.24, 2.45) is 5.10 Å². The minimum atomic E-state index is 0.462. The molecule has 0 aliphatic carbocycles. The number of rotatable bonds is 4. The van der Waals surface area contributed by atoms with E-state index in [0.717, 1.165) is 16.6 Å². The summed E-state index contributed by atoms with van der Waals surface area (Å²) >= 11 is 5.01. The van der Waals surface area contributed by atoms with Crippen molar-refractivity contribution in [1.29, 1.82) is 0 Å². The third kappa shape index (κ3) is 2.92. The van der Waals surface area contributed by atoms with Gasteiger partial charge >= 0.3 is 0 Å². The standard InChI is InChI=1S/C12H13N5S/c1-2-5-14-12(18)17-16-8-9-7-15-11-10(9)4-3-6-13-11/h2-4,6-8H,1,5H2,(H,13,15)(H2,14,17,18)/b16-8+. The lowest BCUT2D eigenvalue weighted by atomic mass is 10.2. The number of nitrogens with one attached hydrogen (secondary N) is 3. The van der Waals surface area contributed by atoms with Crippen LogP contribution in [0.4, 0.5) is 0 Å². The second-order valence-electron chi connectivity index (χ2n) is 3.51. The summed E-state index contributed by atoms with van der Waals surface area (Å²) in [6.45, 7) is 4.20. The molecular weight excluding hydrogens is 246 g/mol. The predicted molar refractivity (Wildman–Crippen MR) is 77.6 cm³/mol. The van der Waals surface area contributed by atoms with Gasteiger partial charge in [0.25, 0.3) is 0 Å². The van der Waals surface area contributed by atoms with Crippen molar-refractivity contribution in [3.05, 3.63) is 42.7 Å². The fourth-order valence-electron chi connectivity index (χ4n) is 1.45. The van der Waals surface area contributed by atoms with E-state index in [0.29, 0.717) is 11.7 Å². The van der Waals surface area contributed by atoms with Gasteiger partial charge in [-0.3, -0.25) is 5.43 Å². The summed E-state index contributed by atoms with van der Waals surface area (Å²) in [7, 11) is 0. The van der Waals surface area contributed by atoms with Crippen LogP contribution in [-0.2, 0) is 0 Å². The third-order valence-electron chi connectivity index (χ3n) is 2.26. The largest absolute Gasteiger partial charge is 0.358 e. The van der Waals surface area contributed by atoms with Crippen molar-refractivity contribution in [2.75, 3.05) is 6.54 Å². The van der Waals surface area contributed by atoms with E-state index in [4.69, 9.17) is 12.2 Å². The zero-order valence-corrected chi connectivity index (χ0v) is 10.5. The number of pyridine rings is 1. The minimum Gasteiger partial charge on any atom is -0.358 e. The SMILES string of the molecule is C=CCNC(=S)N/N=C/c1c[nH]c2ncccc12. The minimum absolute atomic E-state index is 0.462. The highest BCUT2D eigenvalue weighted by molar-refractivity contribution is 7.80. The Bertz CT molecular complexity index is 587. The maximum atomic E-state index is 5.01. The highest BCUT2D eigenvalue weighted by atomic mass is 32.1. The van der Waals surface area contributed by atoms with E-state index >= 15 is 0 Å². The molecule has 92 valence electrons. The average Bonchev–Trinajstić information content (AvgIpc) is 2.80. The molecule has 0 unspecified atom stereocenters. The van der Waals surface area contributed by atoms with Crippen LogP contribution in [0.1, 0.15) is 5.56 Å². The lowest BCUT2D eigenvalue weighted by Gasteiger charge is -2.02. The van der Waals surface area contributed by atoms with Gasteiger partial charge in [0.1, 0.15) is 5.65 Å². The number of fused-ring (bicyclic) bond motifs is 1. The first-order valence-corrected chi connectivity index (χ1v) is 5.82. The average molecular weight is 259 g/mol. The number of nitrogens with zero attached hydrogens (tertiary/aromatic N) is 2. The molecule has 18 heavy (non-hydrogen) atoms. The highest BCUT2D eigenvalue weighted by Crippen LogP contribution is 2.12. The van der Waals surface area contributed by atoms with Crippen LogP contribution in [0.2, 0.25) is 0 Å². The molecule has 0 radical (unpaired) electrons. The van der Waals surface area contributed by atoms with E-state index in [9.17, 15) is 0 Å². The van der Waals surface area contributed by atoms with E-state index in [1.165, 1.54) is 0 Å². The molecule has 2 heterocycles. The first-order valence-electron chi connectivity index (χ1n) is 5.41. The van der Waals surface area contributed by atoms with Crippen LogP contribution in [-0.4, -0.2) is 27.8 Å². The molecule has 0 bridgehead atoms. The van der Waals surface area contributed by atoms with Gasteiger partial charge in [0.05, 0.1) is 6.21 Å². The van der Waals surface area contributed by atoms with Gasteiger partial charge < -0.3 is 10.3 Å². The van der Waals surface area contributed by atoms with Gasteiger partial charge in [0.2, 0.25) is 0 Å². The molecule has 2 aromatic heterocycles. The van der Waals surface area contributed by atoms with Gasteiger partial charge in [-0.05, 0) is 24.4 Å². The summed E-state index contributed by atoms with van der Waals surface area (Å²) in [6.07, 6.45) is 7.01. The number of thiocarbonyl (C=S) groups is 1. The monoisotopic (exact) mass is 259 g/mol. The van der Waals surface area contributed by atoms with Crippen LogP contribution in [0, 0.1) is 0 Å². The van der Waals surface area contributed by atoms with Crippen molar-refractivity contribution >= 4 is 34.6 Å². The Balaban J connectivity index is 2.01. The maximum Gasteiger partial charge on any atom is 0.187 e. The van der Waals surface area contributed by atoms with Crippen LogP contribution in [0.25, 0.3) is 11.0 Å². The highest BCUT2D eigenvalue weighted by Gasteiger charge is 2.00. The van der Waals surface area contributed by atoms with Crippen LogP contribution >= 0.6 is 12.2 Å². The van der Waals surface area contributed by atoms with Crippen LogP contribution < -0.4 is 10.7 Å². The second-order valence-corrected chi connectivity index (χ2v) is 3.92. The lowest BCUT2D eigenvalue weighted by molar-refractivity contribution is 0.942. The fraction of sp³-hybridized carbons (Fsp3) is 0.0833. The molecule has 0 amide bonds.